The van der Waals surface area contributed by atoms with E-state index < -0.39 is 23.7 Å². The number of urea groups is 1. The van der Waals surface area contributed by atoms with Gasteiger partial charge < -0.3 is 10.6 Å². The van der Waals surface area contributed by atoms with Gasteiger partial charge in [-0.1, -0.05) is 24.3 Å². The van der Waals surface area contributed by atoms with Gasteiger partial charge in [0.25, 0.3) is 5.56 Å². The molecular formula is C20H20F2N4O2. The Bertz CT molecular complexity index is 1070. The lowest BCUT2D eigenvalue weighted by atomic mass is 10.1. The number of halogens is 2. The van der Waals surface area contributed by atoms with Crippen LogP contribution in [0.2, 0.25) is 0 Å². The number of anilines is 1. The average molecular weight is 386 g/mol. The summed E-state index contributed by atoms with van der Waals surface area (Å²) in [6.07, 6.45) is 0. The Kier molecular flexibility index (Phi) is 5.30. The second kappa shape index (κ2) is 7.67. The maximum Gasteiger partial charge on any atom is 0.319 e. The predicted octanol–water partition coefficient (Wildman–Crippen LogP) is 3.65. The zero-order valence-corrected chi connectivity index (χ0v) is 15.7. The summed E-state index contributed by atoms with van der Waals surface area (Å²) in [4.78, 5) is 25.2. The summed E-state index contributed by atoms with van der Waals surface area (Å²) in [5, 5.41) is 5.18. The van der Waals surface area contributed by atoms with Crippen molar-refractivity contribution in [1.82, 2.24) is 14.7 Å². The van der Waals surface area contributed by atoms with Gasteiger partial charge in [0.15, 0.2) is 11.6 Å². The zero-order valence-electron chi connectivity index (χ0n) is 15.7. The first-order chi connectivity index (χ1) is 13.3. The van der Waals surface area contributed by atoms with Crippen LogP contribution >= 0.6 is 0 Å². The van der Waals surface area contributed by atoms with Crippen molar-refractivity contribution >= 4 is 11.7 Å². The summed E-state index contributed by atoms with van der Waals surface area (Å²) in [5.74, 6) is -1.95. The van der Waals surface area contributed by atoms with E-state index in [9.17, 15) is 18.4 Å². The van der Waals surface area contributed by atoms with Crippen LogP contribution in [0, 0.1) is 18.6 Å². The van der Waals surface area contributed by atoms with Gasteiger partial charge in [-0.2, -0.15) is 0 Å². The van der Waals surface area contributed by atoms with Gasteiger partial charge in [-0.3, -0.25) is 9.48 Å². The minimum atomic E-state index is -0.990. The van der Waals surface area contributed by atoms with E-state index in [0.29, 0.717) is 16.9 Å². The highest BCUT2D eigenvalue weighted by atomic mass is 19.2. The quantitative estimate of drug-likeness (QED) is 0.719. The molecule has 0 aliphatic rings. The van der Waals surface area contributed by atoms with Gasteiger partial charge in [-0.15, -0.1) is 0 Å². The van der Waals surface area contributed by atoms with Crippen LogP contribution < -0.4 is 16.2 Å². The van der Waals surface area contributed by atoms with Gasteiger partial charge in [-0.05, 0) is 43.7 Å². The van der Waals surface area contributed by atoms with Crippen molar-refractivity contribution in [2.45, 2.75) is 19.9 Å². The smallest absolute Gasteiger partial charge is 0.319 e. The van der Waals surface area contributed by atoms with Crippen LogP contribution in [0.15, 0.2) is 53.3 Å². The standard InChI is InChI=1S/C20H20F2N4O2/c1-12(14-9-10-16(21)17(22)11-14)23-20(28)24-18-13(2)25(3)26(19(18)27)15-7-5-4-6-8-15/h4-12H,1-3H3,(H2,23,24,28)/t12-/m0/s1. The maximum absolute atomic E-state index is 13.4. The Labute approximate surface area is 160 Å². The van der Waals surface area contributed by atoms with Crippen molar-refractivity contribution in [3.8, 4) is 5.69 Å². The highest BCUT2D eigenvalue weighted by Gasteiger charge is 2.19. The molecule has 0 saturated carbocycles. The second-order valence-corrected chi connectivity index (χ2v) is 6.43. The molecule has 0 bridgehead atoms. The fourth-order valence-electron chi connectivity index (χ4n) is 2.92. The van der Waals surface area contributed by atoms with Crippen LogP contribution in [0.5, 0.6) is 0 Å². The van der Waals surface area contributed by atoms with Crippen LogP contribution in [0.25, 0.3) is 5.69 Å². The normalized spacial score (nSPS) is 11.9. The number of nitrogens with zero attached hydrogens (tertiary/aromatic N) is 2. The Morgan fingerprint density at radius 1 is 1.07 bits per heavy atom. The summed E-state index contributed by atoms with van der Waals surface area (Å²) in [6, 6.07) is 11.2. The van der Waals surface area contributed by atoms with Crippen LogP contribution in [-0.2, 0) is 7.05 Å². The number of para-hydroxylation sites is 1. The van der Waals surface area contributed by atoms with E-state index in [1.807, 2.05) is 18.2 Å². The van der Waals surface area contributed by atoms with E-state index in [4.69, 9.17) is 0 Å². The van der Waals surface area contributed by atoms with E-state index in [1.165, 1.54) is 10.7 Å². The third-order valence-electron chi connectivity index (χ3n) is 4.58. The molecule has 3 rings (SSSR count). The number of benzene rings is 2. The minimum Gasteiger partial charge on any atom is -0.331 e. The third kappa shape index (κ3) is 3.66. The molecule has 0 aliphatic heterocycles. The monoisotopic (exact) mass is 386 g/mol. The van der Waals surface area contributed by atoms with E-state index in [1.54, 1.807) is 37.7 Å². The fourth-order valence-corrected chi connectivity index (χ4v) is 2.92. The largest absolute Gasteiger partial charge is 0.331 e. The molecule has 2 amide bonds. The molecule has 0 saturated heterocycles. The van der Waals surface area contributed by atoms with Crippen LogP contribution in [0.1, 0.15) is 24.2 Å². The maximum atomic E-state index is 13.4. The summed E-state index contributed by atoms with van der Waals surface area (Å²) < 4.78 is 29.5. The molecule has 2 aromatic carbocycles. The lowest BCUT2D eigenvalue weighted by Crippen LogP contribution is -2.33. The number of aromatic nitrogens is 2. The Hall–Kier alpha value is -3.42. The predicted molar refractivity (Wildman–Crippen MR) is 103 cm³/mol. The van der Waals surface area contributed by atoms with E-state index in [2.05, 4.69) is 10.6 Å². The topological polar surface area (TPSA) is 68.1 Å². The highest BCUT2D eigenvalue weighted by Crippen LogP contribution is 2.17. The number of amides is 2. The fraction of sp³-hybridized carbons (Fsp3) is 0.200. The highest BCUT2D eigenvalue weighted by molar-refractivity contribution is 5.90. The molecule has 2 N–H and O–H groups in total. The van der Waals surface area contributed by atoms with Gasteiger partial charge in [0.1, 0.15) is 5.69 Å². The van der Waals surface area contributed by atoms with Crippen molar-refractivity contribution in [2.75, 3.05) is 5.32 Å². The average Bonchev–Trinajstić information content (AvgIpc) is 2.88. The van der Waals surface area contributed by atoms with E-state index in [-0.39, 0.29) is 11.2 Å². The molecule has 1 atom stereocenters. The molecule has 0 radical (unpaired) electrons. The zero-order chi connectivity index (χ0) is 20.4. The molecule has 1 aromatic heterocycles. The number of rotatable bonds is 4. The molecule has 1 heterocycles. The van der Waals surface area contributed by atoms with Crippen LogP contribution in [0.3, 0.4) is 0 Å². The van der Waals surface area contributed by atoms with Gasteiger partial charge in [0.05, 0.1) is 17.4 Å². The molecule has 3 aromatic rings. The molecule has 146 valence electrons. The summed E-state index contributed by atoms with van der Waals surface area (Å²) >= 11 is 0. The molecule has 0 spiro atoms. The van der Waals surface area contributed by atoms with Crippen molar-refractivity contribution in [3.63, 3.8) is 0 Å². The van der Waals surface area contributed by atoms with Gasteiger partial charge in [0.2, 0.25) is 0 Å². The Morgan fingerprint density at radius 2 is 1.75 bits per heavy atom. The summed E-state index contributed by atoms with van der Waals surface area (Å²) in [6.45, 7) is 3.35. The van der Waals surface area contributed by atoms with Crippen molar-refractivity contribution in [1.29, 1.82) is 0 Å². The number of hydrogen-bond donors (Lipinski definition) is 2. The van der Waals surface area contributed by atoms with Crippen molar-refractivity contribution in [3.05, 3.63) is 81.8 Å². The first-order valence-corrected chi connectivity index (χ1v) is 8.66. The lowest BCUT2D eigenvalue weighted by Gasteiger charge is -2.15. The van der Waals surface area contributed by atoms with Gasteiger partial charge in [0, 0.05) is 7.05 Å². The van der Waals surface area contributed by atoms with Crippen molar-refractivity contribution in [2.24, 2.45) is 7.05 Å². The van der Waals surface area contributed by atoms with E-state index >= 15 is 0 Å². The second-order valence-electron chi connectivity index (χ2n) is 6.43. The minimum absolute atomic E-state index is 0.140. The van der Waals surface area contributed by atoms with Crippen molar-refractivity contribution < 1.29 is 13.6 Å². The molecule has 6 nitrogen and oxygen atoms in total. The molecule has 28 heavy (non-hydrogen) atoms. The van der Waals surface area contributed by atoms with Crippen LogP contribution in [-0.4, -0.2) is 15.4 Å². The van der Waals surface area contributed by atoms with Gasteiger partial charge >= 0.3 is 6.03 Å². The number of carbonyl (C=O) groups is 1. The third-order valence-corrected chi connectivity index (χ3v) is 4.58. The SMILES string of the molecule is Cc1c(NC(=O)N[C@@H](C)c2ccc(F)c(F)c2)c(=O)n(-c2ccccc2)n1C. The lowest BCUT2D eigenvalue weighted by molar-refractivity contribution is 0.249. The number of carbonyl (C=O) groups excluding carboxylic acids is 1. The molecular weight excluding hydrogens is 366 g/mol. The molecule has 8 heteroatoms. The molecule has 0 fully saturated rings. The Morgan fingerprint density at radius 3 is 2.39 bits per heavy atom. The first-order valence-electron chi connectivity index (χ1n) is 8.66. The molecule has 0 unspecified atom stereocenters. The summed E-state index contributed by atoms with van der Waals surface area (Å²) in [5.41, 5.74) is 1.41. The van der Waals surface area contributed by atoms with Crippen LogP contribution in [0.4, 0.5) is 19.3 Å². The number of hydrogen-bond acceptors (Lipinski definition) is 2. The Balaban J connectivity index is 1.81. The number of nitrogens with one attached hydrogen (secondary N) is 2. The van der Waals surface area contributed by atoms with E-state index in [0.717, 1.165) is 12.1 Å². The van der Waals surface area contributed by atoms with Gasteiger partial charge in [-0.25, -0.2) is 18.3 Å². The molecule has 0 aliphatic carbocycles. The first kappa shape index (κ1) is 19.3. The summed E-state index contributed by atoms with van der Waals surface area (Å²) in [7, 11) is 1.72.